The molecule has 3 aromatic rings. The Bertz CT molecular complexity index is 1020. The molecule has 0 saturated carbocycles. The van der Waals surface area contributed by atoms with E-state index in [0.29, 0.717) is 32.6 Å². The number of aromatic amines is 1. The molecule has 9 heteroatoms. The third-order valence-electron chi connectivity index (χ3n) is 3.46. The Hall–Kier alpha value is -2.71. The van der Waals surface area contributed by atoms with Gasteiger partial charge in [-0.2, -0.15) is 5.10 Å². The second kappa shape index (κ2) is 7.04. The number of hydrogen-bond donors (Lipinski definition) is 3. The van der Waals surface area contributed by atoms with Gasteiger partial charge in [0.15, 0.2) is 5.11 Å². The van der Waals surface area contributed by atoms with Crippen LogP contribution in [0.3, 0.4) is 0 Å². The molecule has 0 atom stereocenters. The Morgan fingerprint density at radius 2 is 2.08 bits per heavy atom. The quantitative estimate of drug-likeness (QED) is 0.369. The highest BCUT2D eigenvalue weighted by molar-refractivity contribution is 7.80. The van der Waals surface area contributed by atoms with Crippen molar-refractivity contribution >= 4 is 51.4 Å². The van der Waals surface area contributed by atoms with Crippen LogP contribution in [0.2, 0.25) is 5.02 Å². The van der Waals surface area contributed by atoms with Crippen LogP contribution in [0.4, 0.5) is 5.69 Å². The summed E-state index contributed by atoms with van der Waals surface area (Å²) >= 11 is 11.0. The van der Waals surface area contributed by atoms with Crippen LogP contribution in [0, 0.1) is 6.92 Å². The van der Waals surface area contributed by atoms with Gasteiger partial charge in [-0.25, -0.2) is 4.98 Å². The van der Waals surface area contributed by atoms with Gasteiger partial charge in [-0.1, -0.05) is 11.6 Å². The molecular formula is C16H14ClN5O2S. The number of hydrogen-bond acceptors (Lipinski definition) is 5. The number of anilines is 1. The molecule has 1 aromatic carbocycles. The van der Waals surface area contributed by atoms with Crippen LogP contribution in [0.25, 0.3) is 11.1 Å². The zero-order valence-corrected chi connectivity index (χ0v) is 15.0. The van der Waals surface area contributed by atoms with Gasteiger partial charge in [0.1, 0.15) is 11.1 Å². The first-order chi connectivity index (χ1) is 12.0. The van der Waals surface area contributed by atoms with Gasteiger partial charge in [-0.15, -0.1) is 0 Å². The maximum absolute atomic E-state index is 12.0. The van der Waals surface area contributed by atoms with Crippen LogP contribution >= 0.6 is 23.8 Å². The molecule has 0 bridgehead atoms. The number of rotatable bonds is 3. The van der Waals surface area contributed by atoms with E-state index in [4.69, 9.17) is 28.2 Å². The molecule has 7 nitrogen and oxygen atoms in total. The SMILES string of the molecule is C/C(=N/NC(=S)Nc1ccc(Cl)cc1)c1c(C)oc2nc[nH]c(=O)c12. The summed E-state index contributed by atoms with van der Waals surface area (Å²) in [4.78, 5) is 18.6. The Labute approximate surface area is 153 Å². The largest absolute Gasteiger partial charge is 0.442 e. The van der Waals surface area contributed by atoms with Crippen molar-refractivity contribution in [2.75, 3.05) is 5.32 Å². The number of furan rings is 1. The van der Waals surface area contributed by atoms with Crippen LogP contribution < -0.4 is 16.3 Å². The maximum Gasteiger partial charge on any atom is 0.262 e. The Kier molecular flexibility index (Phi) is 4.82. The van der Waals surface area contributed by atoms with Crippen LogP contribution in [0.5, 0.6) is 0 Å². The van der Waals surface area contributed by atoms with Crippen molar-refractivity contribution in [1.29, 1.82) is 0 Å². The summed E-state index contributed by atoms with van der Waals surface area (Å²) in [6, 6.07) is 7.10. The molecule has 0 aliphatic rings. The molecule has 0 amide bonds. The number of fused-ring (bicyclic) bond motifs is 1. The van der Waals surface area contributed by atoms with Gasteiger partial charge in [-0.05, 0) is 50.3 Å². The van der Waals surface area contributed by atoms with Gasteiger partial charge < -0.3 is 14.7 Å². The number of nitrogens with zero attached hydrogens (tertiary/aromatic N) is 2. The number of nitrogens with one attached hydrogen (secondary N) is 3. The highest BCUT2D eigenvalue weighted by Gasteiger charge is 2.17. The highest BCUT2D eigenvalue weighted by Crippen LogP contribution is 2.21. The lowest BCUT2D eigenvalue weighted by molar-refractivity contribution is 0.566. The fraction of sp³-hybridized carbons (Fsp3) is 0.125. The van der Waals surface area contributed by atoms with Gasteiger partial charge in [0.2, 0.25) is 5.71 Å². The first-order valence-electron chi connectivity index (χ1n) is 7.29. The predicted molar refractivity (Wildman–Crippen MR) is 102 cm³/mol. The summed E-state index contributed by atoms with van der Waals surface area (Å²) in [7, 11) is 0. The summed E-state index contributed by atoms with van der Waals surface area (Å²) in [5, 5.41) is 8.52. The molecule has 0 saturated heterocycles. The molecule has 0 radical (unpaired) electrons. The van der Waals surface area contributed by atoms with Crippen LogP contribution in [-0.4, -0.2) is 20.8 Å². The van der Waals surface area contributed by atoms with E-state index in [0.717, 1.165) is 5.69 Å². The molecule has 25 heavy (non-hydrogen) atoms. The number of benzene rings is 1. The number of H-pyrrole nitrogens is 1. The third-order valence-corrected chi connectivity index (χ3v) is 3.90. The number of aromatic nitrogens is 2. The molecule has 2 aromatic heterocycles. The molecule has 128 valence electrons. The molecular weight excluding hydrogens is 362 g/mol. The molecule has 0 spiro atoms. The zero-order chi connectivity index (χ0) is 18.0. The van der Waals surface area contributed by atoms with Crippen molar-refractivity contribution in [3.05, 3.63) is 57.3 Å². The molecule has 2 heterocycles. The standard InChI is InChI=1S/C16H14ClN5O2S/c1-8(12-9(2)24-15-13(12)14(23)18-7-19-15)21-22-16(25)20-11-5-3-10(17)4-6-11/h3-7H,1-2H3,(H,18,19,23)(H2,20,22,25)/b21-8-. The minimum absolute atomic E-state index is 0.271. The topological polar surface area (TPSA) is 95.3 Å². The van der Waals surface area contributed by atoms with E-state index in [1.54, 1.807) is 38.1 Å². The summed E-state index contributed by atoms with van der Waals surface area (Å²) in [5.74, 6) is 0.554. The summed E-state index contributed by atoms with van der Waals surface area (Å²) in [6.07, 6.45) is 1.30. The zero-order valence-electron chi connectivity index (χ0n) is 13.4. The monoisotopic (exact) mass is 375 g/mol. The lowest BCUT2D eigenvalue weighted by atomic mass is 10.1. The van der Waals surface area contributed by atoms with Crippen molar-refractivity contribution in [2.24, 2.45) is 5.10 Å². The van der Waals surface area contributed by atoms with Gasteiger partial charge in [0.05, 0.1) is 17.6 Å². The normalized spacial score (nSPS) is 11.6. The van der Waals surface area contributed by atoms with Crippen molar-refractivity contribution in [3.8, 4) is 0 Å². The molecule has 3 rings (SSSR count). The van der Waals surface area contributed by atoms with Crippen LogP contribution in [0.15, 0.2) is 44.9 Å². The number of thiocarbonyl (C=S) groups is 1. The molecule has 0 aliphatic heterocycles. The van der Waals surface area contributed by atoms with Gasteiger partial charge >= 0.3 is 0 Å². The van der Waals surface area contributed by atoms with Crippen molar-refractivity contribution in [2.45, 2.75) is 13.8 Å². The van der Waals surface area contributed by atoms with Gasteiger partial charge in [-0.3, -0.25) is 10.2 Å². The number of aryl methyl sites for hydroxylation is 1. The van der Waals surface area contributed by atoms with E-state index in [1.807, 2.05) is 0 Å². The second-order valence-electron chi connectivity index (χ2n) is 5.22. The van der Waals surface area contributed by atoms with E-state index >= 15 is 0 Å². The Morgan fingerprint density at radius 3 is 2.80 bits per heavy atom. The average Bonchev–Trinajstić information content (AvgIpc) is 2.92. The third kappa shape index (κ3) is 3.70. The van der Waals surface area contributed by atoms with E-state index in [-0.39, 0.29) is 11.3 Å². The van der Waals surface area contributed by atoms with Crippen molar-refractivity contribution in [3.63, 3.8) is 0 Å². The van der Waals surface area contributed by atoms with E-state index < -0.39 is 0 Å². The predicted octanol–water partition coefficient (Wildman–Crippen LogP) is 3.19. The number of halogens is 1. The number of hydrazone groups is 1. The smallest absolute Gasteiger partial charge is 0.262 e. The van der Waals surface area contributed by atoms with Crippen LogP contribution in [0.1, 0.15) is 18.2 Å². The summed E-state index contributed by atoms with van der Waals surface area (Å²) in [6.45, 7) is 3.50. The maximum atomic E-state index is 12.0. The van der Waals surface area contributed by atoms with Crippen molar-refractivity contribution in [1.82, 2.24) is 15.4 Å². The minimum atomic E-state index is -0.284. The second-order valence-corrected chi connectivity index (χ2v) is 6.06. The van der Waals surface area contributed by atoms with Crippen molar-refractivity contribution < 1.29 is 4.42 Å². The van der Waals surface area contributed by atoms with E-state index in [9.17, 15) is 4.79 Å². The first kappa shape index (κ1) is 17.1. The lowest BCUT2D eigenvalue weighted by Gasteiger charge is -2.08. The molecule has 0 aliphatic carbocycles. The summed E-state index contributed by atoms with van der Waals surface area (Å²) < 4.78 is 5.51. The fourth-order valence-corrected chi connectivity index (χ4v) is 2.66. The molecule has 0 fully saturated rings. The lowest BCUT2D eigenvalue weighted by Crippen LogP contribution is -2.25. The van der Waals surface area contributed by atoms with E-state index in [2.05, 4.69) is 25.8 Å². The minimum Gasteiger partial charge on any atom is -0.442 e. The Balaban J connectivity index is 1.80. The van der Waals surface area contributed by atoms with E-state index in [1.165, 1.54) is 6.33 Å². The van der Waals surface area contributed by atoms with Gasteiger partial charge in [0.25, 0.3) is 5.56 Å². The fourth-order valence-electron chi connectivity index (χ4n) is 2.37. The Morgan fingerprint density at radius 1 is 1.36 bits per heavy atom. The molecule has 3 N–H and O–H groups in total. The first-order valence-corrected chi connectivity index (χ1v) is 8.08. The molecule has 0 unspecified atom stereocenters. The average molecular weight is 376 g/mol. The highest BCUT2D eigenvalue weighted by atomic mass is 35.5. The summed E-state index contributed by atoms with van der Waals surface area (Å²) in [5.41, 5.74) is 4.65. The van der Waals surface area contributed by atoms with Crippen LogP contribution in [-0.2, 0) is 0 Å². The van der Waals surface area contributed by atoms with Gasteiger partial charge in [0, 0.05) is 10.7 Å².